The Hall–Kier alpha value is -2.16. The Morgan fingerprint density at radius 1 is 1.20 bits per heavy atom. The molecule has 2 rings (SSSR count). The molecule has 105 valence electrons. The second kappa shape index (κ2) is 8.86. The van der Waals surface area contributed by atoms with Crippen LogP contribution in [0.15, 0.2) is 43.0 Å². The van der Waals surface area contributed by atoms with Gasteiger partial charge in [-0.1, -0.05) is 6.08 Å². The molecule has 0 heterocycles. The van der Waals surface area contributed by atoms with Crippen molar-refractivity contribution in [2.24, 2.45) is 0 Å². The molecule has 0 aromatic heterocycles. The van der Waals surface area contributed by atoms with E-state index in [1.54, 1.807) is 0 Å². The number of rotatable bonds is 1. The molecule has 0 aliphatic rings. The average molecular weight is 317 g/mol. The fourth-order valence-corrected chi connectivity index (χ4v) is 1.20. The van der Waals surface area contributed by atoms with Crippen LogP contribution in [-0.4, -0.2) is 5.11 Å². The molecule has 0 fully saturated rings. The van der Waals surface area contributed by atoms with Gasteiger partial charge in [-0.05, 0) is 0 Å². The average Bonchev–Trinajstić information content (AvgIpc) is 2.40. The van der Waals surface area contributed by atoms with Gasteiger partial charge in [0.05, 0.1) is 0 Å². The third kappa shape index (κ3) is 5.22. The van der Waals surface area contributed by atoms with Gasteiger partial charge in [-0.2, -0.15) is 35.6 Å². The molecule has 1 radical (unpaired) electrons. The van der Waals surface area contributed by atoms with Gasteiger partial charge in [0, 0.05) is 28.9 Å². The zero-order valence-corrected chi connectivity index (χ0v) is 11.3. The minimum absolute atomic E-state index is 0. The summed E-state index contributed by atoms with van der Waals surface area (Å²) in [6.45, 7) is 3.62. The van der Waals surface area contributed by atoms with Gasteiger partial charge in [0.1, 0.15) is 29.0 Å². The maximum Gasteiger partial charge on any atom is 0.147 e. The fraction of sp³-hybridized carbons (Fsp3) is 0. The maximum absolute atomic E-state index is 12.5. The number of hydrogen-bond donors (Lipinski definition) is 1. The Kier molecular flexibility index (Phi) is 7.90. The van der Waals surface area contributed by atoms with Crippen molar-refractivity contribution in [3.8, 4) is 11.8 Å². The van der Waals surface area contributed by atoms with E-state index in [2.05, 4.69) is 12.6 Å². The second-order valence-electron chi connectivity index (χ2n) is 3.43. The van der Waals surface area contributed by atoms with Gasteiger partial charge in [-0.25, -0.2) is 8.78 Å². The van der Waals surface area contributed by atoms with Crippen LogP contribution in [0.2, 0.25) is 0 Å². The molecule has 1 N–H and O–H groups in total. The number of phenols is 1. The van der Waals surface area contributed by atoms with Gasteiger partial charge < -0.3 is 5.11 Å². The first kappa shape index (κ1) is 17.8. The van der Waals surface area contributed by atoms with Crippen LogP contribution >= 0.6 is 0 Å². The maximum atomic E-state index is 12.5. The Morgan fingerprint density at radius 3 is 2.05 bits per heavy atom. The number of phenolic OH excluding ortho intramolecular Hbond substituents is 1. The van der Waals surface area contributed by atoms with Gasteiger partial charge >= 0.3 is 0 Å². The van der Waals surface area contributed by atoms with Crippen LogP contribution in [0.3, 0.4) is 0 Å². The summed E-state index contributed by atoms with van der Waals surface area (Å²) in [5.41, 5.74) is 0.464. The third-order valence-electron chi connectivity index (χ3n) is 2.12. The summed E-state index contributed by atoms with van der Waals surface area (Å²) in [6, 6.07) is 13.3. The molecule has 0 aliphatic carbocycles. The molecule has 0 saturated carbocycles. The van der Waals surface area contributed by atoms with Crippen molar-refractivity contribution in [1.29, 1.82) is 5.26 Å². The van der Waals surface area contributed by atoms with Crippen molar-refractivity contribution in [3.05, 3.63) is 71.8 Å². The van der Waals surface area contributed by atoms with Crippen molar-refractivity contribution in [2.75, 3.05) is 0 Å². The predicted molar refractivity (Wildman–Crippen MR) is 68.1 cm³/mol. The van der Waals surface area contributed by atoms with Gasteiger partial charge in [0.15, 0.2) is 0 Å². The first-order valence-electron chi connectivity index (χ1n) is 5.25. The van der Waals surface area contributed by atoms with E-state index in [9.17, 15) is 8.78 Å². The van der Waals surface area contributed by atoms with E-state index in [0.717, 1.165) is 5.56 Å². The standard InChI is InChI=1S/C8H7.C7H3F2NO.Co/c1-2-8-6-4-3-5-7-8;8-6-1-4(11)2-7(9)5(6)3-10;/h2,4-7H,1H2;1-2,11H;/q-1;;. The molecule has 0 amide bonds. The van der Waals surface area contributed by atoms with Crippen LogP contribution in [0, 0.1) is 29.0 Å². The van der Waals surface area contributed by atoms with Crippen LogP contribution in [0.5, 0.6) is 5.75 Å². The zero-order valence-electron chi connectivity index (χ0n) is 10.2. The summed E-state index contributed by atoms with van der Waals surface area (Å²) in [5, 5.41) is 16.8. The number of hydrogen-bond acceptors (Lipinski definition) is 2. The van der Waals surface area contributed by atoms with Crippen LogP contribution in [0.1, 0.15) is 11.1 Å². The smallest absolute Gasteiger partial charge is 0.147 e. The molecule has 2 nitrogen and oxygen atoms in total. The summed E-state index contributed by atoms with van der Waals surface area (Å²) >= 11 is 0. The quantitative estimate of drug-likeness (QED) is 0.816. The van der Waals surface area contributed by atoms with Gasteiger partial charge in [-0.3, -0.25) is 0 Å². The van der Waals surface area contributed by atoms with Crippen molar-refractivity contribution in [1.82, 2.24) is 0 Å². The van der Waals surface area contributed by atoms with Gasteiger partial charge in [0.25, 0.3) is 0 Å². The third-order valence-corrected chi connectivity index (χ3v) is 2.12. The summed E-state index contributed by atoms with van der Waals surface area (Å²) in [4.78, 5) is 0. The van der Waals surface area contributed by atoms with Gasteiger partial charge in [0.2, 0.25) is 0 Å². The van der Waals surface area contributed by atoms with Crippen molar-refractivity contribution < 1.29 is 30.7 Å². The van der Waals surface area contributed by atoms with Crippen molar-refractivity contribution in [3.63, 3.8) is 0 Å². The van der Waals surface area contributed by atoms with Crippen LogP contribution in [0.4, 0.5) is 8.78 Å². The fourth-order valence-electron chi connectivity index (χ4n) is 1.20. The normalized spacial score (nSPS) is 8.45. The van der Waals surface area contributed by atoms with Crippen LogP contribution < -0.4 is 0 Å². The molecular weight excluding hydrogens is 307 g/mol. The largest absolute Gasteiger partial charge is 0.508 e. The van der Waals surface area contributed by atoms with Gasteiger partial charge in [-0.15, -0.1) is 12.1 Å². The molecule has 0 atom stereocenters. The molecular formula is C15H10CoF2NO-. The number of nitrogens with zero attached hydrogens (tertiary/aromatic N) is 1. The summed E-state index contributed by atoms with van der Waals surface area (Å²) in [7, 11) is 0. The molecule has 0 saturated heterocycles. The Balaban J connectivity index is 0.000000359. The molecule has 0 spiro atoms. The Bertz CT molecular complexity index is 586. The first-order chi connectivity index (χ1) is 9.08. The molecule has 2 aromatic carbocycles. The number of halogens is 2. The number of benzene rings is 2. The molecule has 0 bridgehead atoms. The Morgan fingerprint density at radius 2 is 1.70 bits per heavy atom. The summed E-state index contributed by atoms with van der Waals surface area (Å²) in [6.07, 6.45) is 1.81. The molecule has 0 aliphatic heterocycles. The van der Waals surface area contributed by atoms with Crippen molar-refractivity contribution >= 4 is 6.08 Å². The van der Waals surface area contributed by atoms with E-state index < -0.39 is 22.9 Å². The summed E-state index contributed by atoms with van der Waals surface area (Å²) in [5.74, 6) is -2.63. The van der Waals surface area contributed by atoms with E-state index in [1.165, 1.54) is 6.07 Å². The van der Waals surface area contributed by atoms with E-state index >= 15 is 0 Å². The van der Waals surface area contributed by atoms with E-state index in [-0.39, 0.29) is 16.8 Å². The number of aromatic hydroxyl groups is 1. The number of nitriles is 1. The summed E-state index contributed by atoms with van der Waals surface area (Å²) < 4.78 is 25.0. The Labute approximate surface area is 126 Å². The van der Waals surface area contributed by atoms with E-state index in [0.29, 0.717) is 12.1 Å². The van der Waals surface area contributed by atoms with Crippen LogP contribution in [0.25, 0.3) is 6.08 Å². The minimum Gasteiger partial charge on any atom is -0.508 e. The minimum atomic E-state index is -1.05. The first-order valence-corrected chi connectivity index (χ1v) is 5.25. The second-order valence-corrected chi connectivity index (χ2v) is 3.43. The molecule has 0 unspecified atom stereocenters. The SMILES string of the molecule is C=Cc1cc[c-]cc1.N#Cc1c(F)cc(O)cc1F.[Co]. The van der Waals surface area contributed by atoms with Crippen LogP contribution in [-0.2, 0) is 16.8 Å². The predicted octanol–water partition coefficient (Wildman–Crippen LogP) is 3.67. The monoisotopic (exact) mass is 317 g/mol. The molecule has 20 heavy (non-hydrogen) atoms. The van der Waals surface area contributed by atoms with E-state index in [1.807, 2.05) is 30.3 Å². The van der Waals surface area contributed by atoms with E-state index in [4.69, 9.17) is 10.4 Å². The topological polar surface area (TPSA) is 44.0 Å². The molecule has 5 heteroatoms. The molecule has 2 aromatic rings. The zero-order chi connectivity index (χ0) is 14.3. The van der Waals surface area contributed by atoms with Crippen molar-refractivity contribution in [2.45, 2.75) is 0 Å².